The molecule has 0 spiro atoms. The second-order valence-electron chi connectivity index (χ2n) is 6.13. The van der Waals surface area contributed by atoms with Gasteiger partial charge in [-0.3, -0.25) is 9.69 Å². The summed E-state index contributed by atoms with van der Waals surface area (Å²) in [5.41, 5.74) is 2.96. The molecule has 1 amide bonds. The average molecular weight is 288 g/mol. The van der Waals surface area contributed by atoms with E-state index in [9.17, 15) is 4.79 Å². The molecule has 1 aliphatic heterocycles. The molecule has 0 saturated carbocycles. The van der Waals surface area contributed by atoms with Crippen LogP contribution in [-0.2, 0) is 17.8 Å². The summed E-state index contributed by atoms with van der Waals surface area (Å²) in [5, 5.41) is 3.06. The highest BCUT2D eigenvalue weighted by Gasteiger charge is 2.15. The van der Waals surface area contributed by atoms with Crippen LogP contribution in [0.2, 0.25) is 0 Å². The summed E-state index contributed by atoms with van der Waals surface area (Å²) in [7, 11) is 0. The van der Waals surface area contributed by atoms with Gasteiger partial charge < -0.3 is 5.32 Å². The first-order valence-corrected chi connectivity index (χ1v) is 8.27. The first-order valence-electron chi connectivity index (χ1n) is 8.27. The van der Waals surface area contributed by atoms with Gasteiger partial charge in [-0.25, -0.2) is 0 Å². The molecule has 3 heteroatoms. The molecule has 0 aliphatic carbocycles. The van der Waals surface area contributed by atoms with Crippen LogP contribution in [0.15, 0.2) is 24.3 Å². The first-order chi connectivity index (χ1) is 10.2. The Kier molecular flexibility index (Phi) is 6.24. The molecule has 0 fully saturated rings. The van der Waals surface area contributed by atoms with Crippen molar-refractivity contribution in [2.75, 3.05) is 19.6 Å². The molecule has 2 rings (SSSR count). The number of nitrogens with one attached hydrogen (secondary N) is 1. The molecule has 1 N–H and O–H groups in total. The van der Waals surface area contributed by atoms with E-state index in [1.165, 1.54) is 11.1 Å². The molecule has 0 saturated heterocycles. The minimum absolute atomic E-state index is 0.150. The smallest absolute Gasteiger partial charge is 0.222 e. The zero-order chi connectivity index (χ0) is 15.1. The third-order valence-corrected chi connectivity index (χ3v) is 4.33. The SMILES string of the molecule is CCCC(C)C(=O)NCCCN1CCc2ccccc2C1. The van der Waals surface area contributed by atoms with Crippen LogP contribution in [0, 0.1) is 5.92 Å². The van der Waals surface area contributed by atoms with E-state index in [0.29, 0.717) is 0 Å². The van der Waals surface area contributed by atoms with Gasteiger partial charge in [-0.05, 0) is 30.4 Å². The molecule has 0 aromatic heterocycles. The molecule has 21 heavy (non-hydrogen) atoms. The van der Waals surface area contributed by atoms with Crippen LogP contribution in [0.1, 0.15) is 44.2 Å². The van der Waals surface area contributed by atoms with Crippen molar-refractivity contribution in [3.05, 3.63) is 35.4 Å². The minimum Gasteiger partial charge on any atom is -0.356 e. The average Bonchev–Trinajstić information content (AvgIpc) is 2.51. The normalized spacial score (nSPS) is 16.3. The van der Waals surface area contributed by atoms with E-state index in [4.69, 9.17) is 0 Å². The highest BCUT2D eigenvalue weighted by Crippen LogP contribution is 2.18. The lowest BCUT2D eigenvalue weighted by Crippen LogP contribution is -2.35. The molecule has 1 atom stereocenters. The molecule has 1 aromatic carbocycles. The van der Waals surface area contributed by atoms with E-state index in [1.807, 2.05) is 6.92 Å². The van der Waals surface area contributed by atoms with Crippen molar-refractivity contribution in [1.82, 2.24) is 10.2 Å². The molecule has 1 aromatic rings. The molecular formula is C18H28N2O. The van der Waals surface area contributed by atoms with Crippen LogP contribution in [0.4, 0.5) is 0 Å². The standard InChI is InChI=1S/C18H28N2O/c1-3-7-15(2)18(21)19-11-6-12-20-13-10-16-8-4-5-9-17(16)14-20/h4-5,8-9,15H,3,6-7,10-14H2,1-2H3,(H,19,21). The van der Waals surface area contributed by atoms with E-state index in [1.54, 1.807) is 0 Å². The second kappa shape index (κ2) is 8.18. The Morgan fingerprint density at radius 2 is 2.10 bits per heavy atom. The summed E-state index contributed by atoms with van der Waals surface area (Å²) in [6.45, 7) is 8.19. The predicted octanol–water partition coefficient (Wildman–Crippen LogP) is 2.99. The van der Waals surface area contributed by atoms with Crippen molar-refractivity contribution in [2.24, 2.45) is 5.92 Å². The minimum atomic E-state index is 0.150. The maximum absolute atomic E-state index is 11.8. The number of carbonyl (C=O) groups excluding carboxylic acids is 1. The van der Waals surface area contributed by atoms with Crippen molar-refractivity contribution in [3.8, 4) is 0 Å². The van der Waals surface area contributed by atoms with Crippen LogP contribution in [0.3, 0.4) is 0 Å². The highest BCUT2D eigenvalue weighted by molar-refractivity contribution is 5.78. The number of benzene rings is 1. The van der Waals surface area contributed by atoms with Gasteiger partial charge in [0.05, 0.1) is 0 Å². The van der Waals surface area contributed by atoms with E-state index in [0.717, 1.165) is 51.9 Å². The lowest BCUT2D eigenvalue weighted by Gasteiger charge is -2.28. The predicted molar refractivity (Wildman–Crippen MR) is 87.1 cm³/mol. The van der Waals surface area contributed by atoms with Crippen molar-refractivity contribution < 1.29 is 4.79 Å². The molecule has 1 heterocycles. The first kappa shape index (κ1) is 16.0. The molecule has 1 unspecified atom stereocenters. The third-order valence-electron chi connectivity index (χ3n) is 4.33. The van der Waals surface area contributed by atoms with Crippen LogP contribution in [-0.4, -0.2) is 30.4 Å². The van der Waals surface area contributed by atoms with Gasteiger partial charge >= 0.3 is 0 Å². The van der Waals surface area contributed by atoms with Gasteiger partial charge in [0.25, 0.3) is 0 Å². The lowest BCUT2D eigenvalue weighted by atomic mass is 10.00. The number of hydrogen-bond acceptors (Lipinski definition) is 2. The number of carbonyl (C=O) groups is 1. The molecule has 0 radical (unpaired) electrons. The molecule has 116 valence electrons. The number of hydrogen-bond donors (Lipinski definition) is 1. The lowest BCUT2D eigenvalue weighted by molar-refractivity contribution is -0.124. The van der Waals surface area contributed by atoms with Gasteiger partial charge in [-0.2, -0.15) is 0 Å². The Bertz CT molecular complexity index is 458. The molecule has 1 aliphatic rings. The van der Waals surface area contributed by atoms with E-state index in [-0.39, 0.29) is 11.8 Å². The maximum atomic E-state index is 11.8. The highest BCUT2D eigenvalue weighted by atomic mass is 16.1. The summed E-state index contributed by atoms with van der Waals surface area (Å²) >= 11 is 0. The zero-order valence-electron chi connectivity index (χ0n) is 13.4. The van der Waals surface area contributed by atoms with Crippen LogP contribution in [0.25, 0.3) is 0 Å². The zero-order valence-corrected chi connectivity index (χ0v) is 13.4. The number of nitrogens with zero attached hydrogens (tertiary/aromatic N) is 1. The van der Waals surface area contributed by atoms with Crippen LogP contribution < -0.4 is 5.32 Å². The number of fused-ring (bicyclic) bond motifs is 1. The Labute approximate surface area is 128 Å². The summed E-state index contributed by atoms with van der Waals surface area (Å²) in [6, 6.07) is 8.72. The maximum Gasteiger partial charge on any atom is 0.222 e. The van der Waals surface area contributed by atoms with Gasteiger partial charge in [0.15, 0.2) is 0 Å². The fourth-order valence-electron chi connectivity index (χ4n) is 3.00. The van der Waals surface area contributed by atoms with E-state index in [2.05, 4.69) is 41.4 Å². The summed E-state index contributed by atoms with van der Waals surface area (Å²) in [5.74, 6) is 0.359. The van der Waals surface area contributed by atoms with Crippen molar-refractivity contribution >= 4 is 5.91 Å². The topological polar surface area (TPSA) is 32.3 Å². The number of rotatable bonds is 7. The van der Waals surface area contributed by atoms with Gasteiger partial charge in [0, 0.05) is 32.1 Å². The van der Waals surface area contributed by atoms with Crippen LogP contribution >= 0.6 is 0 Å². The van der Waals surface area contributed by atoms with Crippen LogP contribution in [0.5, 0.6) is 0 Å². The number of amides is 1. The van der Waals surface area contributed by atoms with Gasteiger partial charge in [-0.15, -0.1) is 0 Å². The largest absolute Gasteiger partial charge is 0.356 e. The Morgan fingerprint density at radius 3 is 2.86 bits per heavy atom. The summed E-state index contributed by atoms with van der Waals surface area (Å²) < 4.78 is 0. The van der Waals surface area contributed by atoms with Crippen molar-refractivity contribution in [1.29, 1.82) is 0 Å². The van der Waals surface area contributed by atoms with Gasteiger partial charge in [-0.1, -0.05) is 44.5 Å². The quantitative estimate of drug-likeness (QED) is 0.782. The molecule has 3 nitrogen and oxygen atoms in total. The fraction of sp³-hybridized carbons (Fsp3) is 0.611. The summed E-state index contributed by atoms with van der Waals surface area (Å²) in [6.07, 6.45) is 4.24. The summed E-state index contributed by atoms with van der Waals surface area (Å²) in [4.78, 5) is 14.3. The monoisotopic (exact) mass is 288 g/mol. The van der Waals surface area contributed by atoms with E-state index < -0.39 is 0 Å². The molecular weight excluding hydrogens is 260 g/mol. The van der Waals surface area contributed by atoms with Crippen molar-refractivity contribution in [2.45, 2.75) is 46.1 Å². The molecule has 0 bridgehead atoms. The Balaban J connectivity index is 1.65. The Hall–Kier alpha value is -1.35. The second-order valence-corrected chi connectivity index (χ2v) is 6.13. The van der Waals surface area contributed by atoms with Gasteiger partial charge in [0.2, 0.25) is 5.91 Å². The van der Waals surface area contributed by atoms with Gasteiger partial charge in [0.1, 0.15) is 0 Å². The third kappa shape index (κ3) is 4.85. The van der Waals surface area contributed by atoms with E-state index >= 15 is 0 Å². The fourth-order valence-corrected chi connectivity index (χ4v) is 3.00. The Morgan fingerprint density at radius 1 is 1.33 bits per heavy atom. The van der Waals surface area contributed by atoms with Crippen molar-refractivity contribution in [3.63, 3.8) is 0 Å².